The van der Waals surface area contributed by atoms with Crippen molar-refractivity contribution in [1.29, 1.82) is 0 Å². The van der Waals surface area contributed by atoms with Gasteiger partial charge in [-0.3, -0.25) is 14.5 Å². The molecule has 2 heterocycles. The van der Waals surface area contributed by atoms with Crippen LogP contribution in [0.4, 0.5) is 5.13 Å². The Morgan fingerprint density at radius 2 is 1.97 bits per heavy atom. The predicted molar refractivity (Wildman–Crippen MR) is 115 cm³/mol. The van der Waals surface area contributed by atoms with E-state index < -0.39 is 16.1 Å². The normalized spacial score (nSPS) is 17.1. The maximum Gasteiger partial charge on any atom is 0.263 e. The summed E-state index contributed by atoms with van der Waals surface area (Å²) in [7, 11) is -3.65. The Hall–Kier alpha value is -2.78. The van der Waals surface area contributed by atoms with Crippen LogP contribution >= 0.6 is 11.3 Å². The molecule has 0 saturated carbocycles. The molecule has 2 aromatic carbocycles. The van der Waals surface area contributed by atoms with Crippen molar-refractivity contribution in [3.8, 4) is 0 Å². The van der Waals surface area contributed by atoms with Crippen molar-refractivity contribution in [2.75, 3.05) is 5.32 Å². The van der Waals surface area contributed by atoms with E-state index in [2.05, 4.69) is 20.0 Å². The minimum atomic E-state index is -3.65. The Balaban J connectivity index is 1.62. The molecular formula is C20H20N4O3S2. The fraction of sp³-hybridized carbons (Fsp3) is 0.250. The van der Waals surface area contributed by atoms with Crippen LogP contribution in [0.1, 0.15) is 31.7 Å². The number of thiazole rings is 1. The van der Waals surface area contributed by atoms with Crippen LogP contribution in [0.15, 0.2) is 58.4 Å². The number of carbonyl (C=O) groups excluding carboxylic acids is 1. The summed E-state index contributed by atoms with van der Waals surface area (Å²) in [6.45, 7) is 2.03. The molecule has 4 rings (SSSR count). The number of aromatic nitrogens is 1. The summed E-state index contributed by atoms with van der Waals surface area (Å²) in [4.78, 5) is 22.0. The van der Waals surface area contributed by atoms with Gasteiger partial charge in [0.1, 0.15) is 11.9 Å². The highest BCUT2D eigenvalue weighted by molar-refractivity contribution is 7.90. The standard InChI is InChI=1S/C20H20N4O3S2/c1-2-3-9-15(19(25)23-20-22-14-10-5-6-11-16(14)28-20)21-18-13-8-4-7-12-17(13)29(26,27)24-18/h4-8,10-12,15H,2-3,9H2,1H3,(H,21,24)(H,22,23,25). The van der Waals surface area contributed by atoms with Gasteiger partial charge in [-0.1, -0.05) is 55.4 Å². The van der Waals surface area contributed by atoms with Gasteiger partial charge in [-0.2, -0.15) is 0 Å². The second kappa shape index (κ2) is 7.92. The second-order valence-electron chi connectivity index (χ2n) is 6.71. The van der Waals surface area contributed by atoms with Crippen LogP contribution < -0.4 is 10.0 Å². The van der Waals surface area contributed by atoms with Gasteiger partial charge in [-0.15, -0.1) is 0 Å². The van der Waals surface area contributed by atoms with Crippen molar-refractivity contribution in [2.45, 2.75) is 37.1 Å². The van der Waals surface area contributed by atoms with Crippen molar-refractivity contribution < 1.29 is 13.2 Å². The number of hydrogen-bond acceptors (Lipinski definition) is 6. The van der Waals surface area contributed by atoms with Crippen molar-refractivity contribution in [3.63, 3.8) is 0 Å². The molecule has 0 bridgehead atoms. The number of carbonyl (C=O) groups is 1. The molecule has 9 heteroatoms. The Kier molecular flexibility index (Phi) is 5.33. The van der Waals surface area contributed by atoms with Crippen molar-refractivity contribution >= 4 is 48.5 Å². The second-order valence-corrected chi connectivity index (χ2v) is 9.39. The number of amidine groups is 1. The summed E-state index contributed by atoms with van der Waals surface area (Å²) in [5.74, 6) is -0.0882. The van der Waals surface area contributed by atoms with E-state index in [1.807, 2.05) is 31.2 Å². The Morgan fingerprint density at radius 1 is 1.21 bits per heavy atom. The lowest BCUT2D eigenvalue weighted by molar-refractivity contribution is -0.117. The minimum absolute atomic E-state index is 0.180. The molecule has 150 valence electrons. The summed E-state index contributed by atoms with van der Waals surface area (Å²) >= 11 is 1.39. The highest BCUT2D eigenvalue weighted by Crippen LogP contribution is 2.26. The molecule has 29 heavy (non-hydrogen) atoms. The highest BCUT2D eigenvalue weighted by atomic mass is 32.2. The highest BCUT2D eigenvalue weighted by Gasteiger charge is 2.31. The summed E-state index contributed by atoms with van der Waals surface area (Å²) in [6, 6.07) is 13.6. The first-order valence-electron chi connectivity index (χ1n) is 9.34. The van der Waals surface area contributed by atoms with Gasteiger partial charge in [0.15, 0.2) is 5.13 Å². The van der Waals surface area contributed by atoms with Crippen LogP contribution in [-0.4, -0.2) is 31.2 Å². The van der Waals surface area contributed by atoms with Crippen molar-refractivity contribution in [3.05, 3.63) is 54.1 Å². The zero-order chi connectivity index (χ0) is 20.4. The van der Waals surface area contributed by atoms with Gasteiger partial charge in [0.2, 0.25) is 0 Å². The van der Waals surface area contributed by atoms with Crippen LogP contribution in [0.2, 0.25) is 0 Å². The number of sulfonamides is 1. The lowest BCUT2D eigenvalue weighted by Gasteiger charge is -2.12. The third-order valence-electron chi connectivity index (χ3n) is 4.61. The van der Waals surface area contributed by atoms with Crippen LogP contribution in [0, 0.1) is 0 Å². The molecular weight excluding hydrogens is 408 g/mol. The molecule has 0 aliphatic carbocycles. The molecule has 1 aliphatic rings. The first kappa shape index (κ1) is 19.5. The summed E-state index contributed by atoms with van der Waals surface area (Å²) in [5, 5.41) is 3.35. The van der Waals surface area contributed by atoms with Gasteiger partial charge in [0, 0.05) is 5.56 Å². The average molecular weight is 429 g/mol. The number of rotatable bonds is 6. The first-order valence-corrected chi connectivity index (χ1v) is 11.6. The molecule has 0 spiro atoms. The SMILES string of the molecule is CCCCC(N=C1NS(=O)(=O)c2ccccc21)C(=O)Nc1nc2ccccc2s1. The lowest BCUT2D eigenvalue weighted by Crippen LogP contribution is -2.30. The number of para-hydroxylation sites is 1. The number of amides is 1. The van der Waals surface area contributed by atoms with E-state index in [1.54, 1.807) is 18.2 Å². The Labute approximate surface area is 172 Å². The molecule has 0 saturated heterocycles. The summed E-state index contributed by atoms with van der Waals surface area (Å²) < 4.78 is 28.1. The van der Waals surface area contributed by atoms with E-state index in [1.165, 1.54) is 17.4 Å². The Bertz CT molecular complexity index is 1170. The summed E-state index contributed by atoms with van der Waals surface area (Å²) in [6.07, 6.45) is 2.21. The number of benzene rings is 2. The maximum atomic E-state index is 12.9. The molecule has 1 atom stereocenters. The zero-order valence-electron chi connectivity index (χ0n) is 15.8. The first-order chi connectivity index (χ1) is 14.0. The number of aliphatic imine (C=N–C) groups is 1. The third-order valence-corrected chi connectivity index (χ3v) is 6.95. The number of fused-ring (bicyclic) bond motifs is 2. The summed E-state index contributed by atoms with van der Waals surface area (Å²) in [5.41, 5.74) is 1.31. The fourth-order valence-corrected chi connectivity index (χ4v) is 5.26. The predicted octanol–water partition coefficient (Wildman–Crippen LogP) is 3.53. The van der Waals surface area contributed by atoms with Crippen LogP contribution in [0.3, 0.4) is 0 Å². The molecule has 2 N–H and O–H groups in total. The molecule has 1 aromatic heterocycles. The van der Waals surface area contributed by atoms with Gasteiger partial charge < -0.3 is 5.32 Å². The van der Waals surface area contributed by atoms with Gasteiger partial charge in [-0.25, -0.2) is 13.4 Å². The van der Waals surface area contributed by atoms with Gasteiger partial charge in [0.25, 0.3) is 15.9 Å². The minimum Gasteiger partial charge on any atom is -0.300 e. The van der Waals surface area contributed by atoms with Gasteiger partial charge >= 0.3 is 0 Å². The smallest absolute Gasteiger partial charge is 0.263 e. The molecule has 1 amide bonds. The topological polar surface area (TPSA) is 101 Å². The van der Waals surface area contributed by atoms with Crippen LogP contribution in [0.25, 0.3) is 10.2 Å². The van der Waals surface area contributed by atoms with Gasteiger partial charge in [0.05, 0.1) is 15.1 Å². The molecule has 1 aliphatic heterocycles. The molecule has 0 radical (unpaired) electrons. The Morgan fingerprint density at radius 3 is 2.76 bits per heavy atom. The van der Waals surface area contributed by atoms with E-state index in [-0.39, 0.29) is 16.6 Å². The maximum absolute atomic E-state index is 12.9. The monoisotopic (exact) mass is 428 g/mol. The zero-order valence-corrected chi connectivity index (χ0v) is 17.4. The van der Waals surface area contributed by atoms with E-state index >= 15 is 0 Å². The number of nitrogens with zero attached hydrogens (tertiary/aromatic N) is 2. The third kappa shape index (κ3) is 4.01. The van der Waals surface area contributed by atoms with Crippen molar-refractivity contribution in [1.82, 2.24) is 9.71 Å². The lowest BCUT2D eigenvalue weighted by atomic mass is 10.1. The fourth-order valence-electron chi connectivity index (χ4n) is 3.15. The quantitative estimate of drug-likeness (QED) is 0.627. The molecule has 1 unspecified atom stereocenters. The van der Waals surface area contributed by atoms with E-state index in [9.17, 15) is 13.2 Å². The van der Waals surface area contributed by atoms with Crippen LogP contribution in [-0.2, 0) is 14.8 Å². The molecule has 3 aromatic rings. The van der Waals surface area contributed by atoms with E-state index in [0.29, 0.717) is 17.1 Å². The molecule has 7 nitrogen and oxygen atoms in total. The molecule has 0 fully saturated rings. The number of nitrogens with one attached hydrogen (secondary N) is 2. The number of unbranched alkanes of at least 4 members (excludes halogenated alkanes) is 1. The van der Waals surface area contributed by atoms with Crippen molar-refractivity contribution in [2.24, 2.45) is 4.99 Å². The number of anilines is 1. The van der Waals surface area contributed by atoms with E-state index in [0.717, 1.165) is 23.1 Å². The average Bonchev–Trinajstić information content (AvgIpc) is 3.23. The largest absolute Gasteiger partial charge is 0.300 e. The van der Waals surface area contributed by atoms with Crippen LogP contribution in [0.5, 0.6) is 0 Å². The van der Waals surface area contributed by atoms with Gasteiger partial charge in [-0.05, 0) is 30.7 Å². The van der Waals surface area contributed by atoms with E-state index in [4.69, 9.17) is 0 Å². The number of hydrogen-bond donors (Lipinski definition) is 2.